The van der Waals surface area contributed by atoms with Gasteiger partial charge in [-0.2, -0.15) is 0 Å². The molecular formula is C22H25N. The fraction of sp³-hybridized carbons (Fsp3) is 0.500. The molecule has 2 saturated carbocycles. The molecule has 2 fully saturated rings. The zero-order valence-corrected chi connectivity index (χ0v) is 13.9. The highest BCUT2D eigenvalue weighted by molar-refractivity contribution is 5.64. The van der Waals surface area contributed by atoms with Gasteiger partial charge in [0.25, 0.3) is 0 Å². The van der Waals surface area contributed by atoms with E-state index in [0.717, 1.165) is 5.69 Å². The van der Waals surface area contributed by atoms with Crippen LogP contribution in [0.1, 0.15) is 68.9 Å². The molecule has 1 heteroatoms. The van der Waals surface area contributed by atoms with Crippen molar-refractivity contribution in [3.63, 3.8) is 0 Å². The van der Waals surface area contributed by atoms with Crippen molar-refractivity contribution in [2.45, 2.75) is 68.6 Å². The number of hydrogen-bond acceptors (Lipinski definition) is 1. The summed E-state index contributed by atoms with van der Waals surface area (Å²) in [5.41, 5.74) is 6.84. The van der Waals surface area contributed by atoms with E-state index in [1.165, 1.54) is 63.4 Å². The Labute approximate surface area is 139 Å². The van der Waals surface area contributed by atoms with E-state index in [1.54, 1.807) is 11.1 Å². The molecule has 0 unspecified atom stereocenters. The Morgan fingerprint density at radius 1 is 0.739 bits per heavy atom. The van der Waals surface area contributed by atoms with E-state index in [1.807, 2.05) is 12.3 Å². The lowest BCUT2D eigenvalue weighted by Crippen LogP contribution is -2.24. The molecule has 0 amide bonds. The highest BCUT2D eigenvalue weighted by atomic mass is 14.7. The van der Waals surface area contributed by atoms with Gasteiger partial charge in [-0.25, -0.2) is 0 Å². The van der Waals surface area contributed by atoms with Crippen molar-refractivity contribution >= 4 is 0 Å². The number of rotatable bonds is 1. The van der Waals surface area contributed by atoms with Crippen LogP contribution in [0.4, 0.5) is 0 Å². The summed E-state index contributed by atoms with van der Waals surface area (Å²) in [5, 5.41) is 0. The first kappa shape index (κ1) is 13.8. The Morgan fingerprint density at radius 2 is 1.43 bits per heavy atom. The molecule has 23 heavy (non-hydrogen) atoms. The average Bonchev–Trinajstić information content (AvgIpc) is 3.32. The van der Waals surface area contributed by atoms with E-state index in [9.17, 15) is 0 Å². The van der Waals surface area contributed by atoms with E-state index in [-0.39, 0.29) is 0 Å². The monoisotopic (exact) mass is 303 g/mol. The molecule has 0 aliphatic heterocycles. The largest absolute Gasteiger partial charge is 0.256 e. The third-order valence-corrected chi connectivity index (χ3v) is 6.92. The van der Waals surface area contributed by atoms with E-state index >= 15 is 0 Å². The number of pyridine rings is 1. The van der Waals surface area contributed by atoms with E-state index in [0.29, 0.717) is 10.8 Å². The first-order valence-electron chi connectivity index (χ1n) is 9.38. The van der Waals surface area contributed by atoms with Crippen LogP contribution < -0.4 is 0 Å². The van der Waals surface area contributed by atoms with Gasteiger partial charge in [0.05, 0.1) is 5.69 Å². The van der Waals surface area contributed by atoms with Crippen molar-refractivity contribution in [1.29, 1.82) is 0 Å². The molecular weight excluding hydrogens is 278 g/mol. The average molecular weight is 303 g/mol. The van der Waals surface area contributed by atoms with E-state index in [2.05, 4.69) is 35.3 Å². The lowest BCUT2D eigenvalue weighted by Gasteiger charge is -2.29. The van der Waals surface area contributed by atoms with E-state index < -0.39 is 0 Å². The topological polar surface area (TPSA) is 12.9 Å². The molecule has 2 aromatic rings. The van der Waals surface area contributed by atoms with Gasteiger partial charge >= 0.3 is 0 Å². The smallest absolute Gasteiger partial charge is 0.0702 e. The summed E-state index contributed by atoms with van der Waals surface area (Å²) >= 11 is 0. The molecule has 0 radical (unpaired) electrons. The third kappa shape index (κ3) is 1.95. The number of aromatic nitrogens is 1. The minimum atomic E-state index is 0.491. The Kier molecular flexibility index (Phi) is 2.95. The molecule has 118 valence electrons. The summed E-state index contributed by atoms with van der Waals surface area (Å²) < 4.78 is 0. The fourth-order valence-electron chi connectivity index (χ4n) is 5.97. The summed E-state index contributed by atoms with van der Waals surface area (Å²) in [6.45, 7) is 0. The highest BCUT2D eigenvalue weighted by Gasteiger charge is 2.53. The summed E-state index contributed by atoms with van der Waals surface area (Å²) in [4.78, 5) is 4.58. The summed E-state index contributed by atoms with van der Waals surface area (Å²) in [6, 6.07) is 13.6. The van der Waals surface area contributed by atoms with Crippen molar-refractivity contribution < 1.29 is 0 Å². The first-order valence-corrected chi connectivity index (χ1v) is 9.38. The lowest BCUT2D eigenvalue weighted by atomic mass is 9.75. The first-order chi connectivity index (χ1) is 11.3. The predicted octanol–water partition coefficient (Wildman–Crippen LogP) is 5.78. The Bertz CT molecular complexity index is 719. The van der Waals surface area contributed by atoms with Crippen LogP contribution in [0.25, 0.3) is 11.3 Å². The van der Waals surface area contributed by atoms with Crippen molar-refractivity contribution in [3.05, 3.63) is 53.7 Å². The van der Waals surface area contributed by atoms with Crippen LogP contribution in [0.15, 0.2) is 42.6 Å². The van der Waals surface area contributed by atoms with Crippen molar-refractivity contribution in [1.82, 2.24) is 4.98 Å². The zero-order valence-electron chi connectivity index (χ0n) is 13.9. The molecule has 0 atom stereocenters. The Balaban J connectivity index is 1.67. The van der Waals surface area contributed by atoms with Crippen LogP contribution >= 0.6 is 0 Å². The van der Waals surface area contributed by atoms with E-state index in [4.69, 9.17) is 0 Å². The summed E-state index contributed by atoms with van der Waals surface area (Å²) in [6.07, 6.45) is 14.7. The van der Waals surface area contributed by atoms with Gasteiger partial charge in [-0.1, -0.05) is 43.9 Å². The standard InChI is InChI=1S/C22H25N/c1-6-14-23-20(7-1)17-8-9-18-19(15-17)22(12-4-5-13-22)16-21(18)10-2-3-11-21/h1,6-9,14-15H,2-5,10-13,16H2. The quantitative estimate of drug-likeness (QED) is 0.651. The van der Waals surface area contributed by atoms with Crippen molar-refractivity contribution in [2.24, 2.45) is 0 Å². The van der Waals surface area contributed by atoms with Crippen LogP contribution in [-0.2, 0) is 10.8 Å². The molecule has 1 nitrogen and oxygen atoms in total. The number of benzene rings is 1. The summed E-state index contributed by atoms with van der Waals surface area (Å²) in [7, 11) is 0. The minimum absolute atomic E-state index is 0.491. The zero-order chi connectivity index (χ0) is 15.3. The maximum atomic E-state index is 4.58. The van der Waals surface area contributed by atoms with Gasteiger partial charge in [-0.15, -0.1) is 0 Å². The second-order valence-electron chi connectivity index (χ2n) is 8.13. The molecule has 1 heterocycles. The number of hydrogen-bond donors (Lipinski definition) is 0. The minimum Gasteiger partial charge on any atom is -0.256 e. The highest BCUT2D eigenvalue weighted by Crippen LogP contribution is 2.62. The molecule has 1 aromatic heterocycles. The molecule has 0 bridgehead atoms. The molecule has 0 N–H and O–H groups in total. The van der Waals surface area contributed by atoms with Gasteiger partial charge in [0.1, 0.15) is 0 Å². The van der Waals surface area contributed by atoms with Crippen molar-refractivity contribution in [3.8, 4) is 11.3 Å². The fourth-order valence-corrected chi connectivity index (χ4v) is 5.97. The van der Waals surface area contributed by atoms with Crippen LogP contribution in [0.5, 0.6) is 0 Å². The third-order valence-electron chi connectivity index (χ3n) is 6.92. The van der Waals surface area contributed by atoms with Crippen molar-refractivity contribution in [2.75, 3.05) is 0 Å². The summed E-state index contributed by atoms with van der Waals surface area (Å²) in [5.74, 6) is 0. The van der Waals surface area contributed by atoms with Gasteiger partial charge < -0.3 is 0 Å². The van der Waals surface area contributed by atoms with Gasteiger partial charge in [-0.05, 0) is 72.3 Å². The maximum absolute atomic E-state index is 4.58. The second kappa shape index (κ2) is 4.93. The maximum Gasteiger partial charge on any atom is 0.0702 e. The molecule has 3 aliphatic carbocycles. The molecule has 0 saturated heterocycles. The molecule has 3 aliphatic rings. The van der Waals surface area contributed by atoms with Gasteiger partial charge in [0, 0.05) is 11.8 Å². The SMILES string of the molecule is c1ccc(-c2ccc3c(c2)C2(CCCC2)CC32CCCC2)nc1. The number of nitrogens with zero attached hydrogens (tertiary/aromatic N) is 1. The molecule has 2 spiro atoms. The Hall–Kier alpha value is -1.63. The van der Waals surface area contributed by atoms with Crippen LogP contribution in [0.3, 0.4) is 0 Å². The second-order valence-corrected chi connectivity index (χ2v) is 8.13. The van der Waals surface area contributed by atoms with Gasteiger partial charge in [0.2, 0.25) is 0 Å². The van der Waals surface area contributed by atoms with Gasteiger partial charge in [0.15, 0.2) is 0 Å². The van der Waals surface area contributed by atoms with Crippen LogP contribution in [-0.4, -0.2) is 4.98 Å². The number of fused-ring (bicyclic) bond motifs is 3. The molecule has 5 rings (SSSR count). The molecule has 1 aromatic carbocycles. The Morgan fingerprint density at radius 3 is 2.09 bits per heavy atom. The predicted molar refractivity (Wildman–Crippen MR) is 94.6 cm³/mol. The van der Waals surface area contributed by atoms with Crippen LogP contribution in [0.2, 0.25) is 0 Å². The normalized spacial score (nSPS) is 23.7. The van der Waals surface area contributed by atoms with Crippen LogP contribution in [0, 0.1) is 0 Å². The van der Waals surface area contributed by atoms with Gasteiger partial charge in [-0.3, -0.25) is 4.98 Å². The lowest BCUT2D eigenvalue weighted by molar-refractivity contribution is 0.324.